The van der Waals surface area contributed by atoms with E-state index in [4.69, 9.17) is 4.74 Å². The van der Waals surface area contributed by atoms with Gasteiger partial charge >= 0.3 is 5.97 Å². The first-order valence-corrected chi connectivity index (χ1v) is 10.5. The van der Waals surface area contributed by atoms with Crippen molar-refractivity contribution in [3.05, 3.63) is 35.4 Å². The molecule has 0 amide bonds. The Kier molecular flexibility index (Phi) is 11.1. The fourth-order valence-corrected chi connectivity index (χ4v) is 3.19. The molecule has 136 valence electrons. The lowest BCUT2D eigenvalue weighted by atomic mass is 9.95. The van der Waals surface area contributed by atoms with Gasteiger partial charge in [0, 0.05) is 5.33 Å². The average Bonchev–Trinajstić information content (AvgIpc) is 2.56. The average molecular weight is 397 g/mol. The van der Waals surface area contributed by atoms with Crippen molar-refractivity contribution in [2.75, 3.05) is 11.9 Å². The van der Waals surface area contributed by atoms with Gasteiger partial charge in [-0.1, -0.05) is 79.7 Å². The normalized spacial score (nSPS) is 12.4. The van der Waals surface area contributed by atoms with E-state index < -0.39 is 0 Å². The zero-order valence-electron chi connectivity index (χ0n) is 15.5. The maximum absolute atomic E-state index is 12.2. The van der Waals surface area contributed by atoms with Crippen LogP contribution in [0.1, 0.15) is 76.3 Å². The van der Waals surface area contributed by atoms with Crippen LogP contribution >= 0.6 is 15.9 Å². The molecule has 1 aromatic rings. The SMILES string of the molecule is CC(C)Cc1cccc([C@H](C)C(=O)OCCCCCCCCBr)c1. The van der Waals surface area contributed by atoms with Gasteiger partial charge in [-0.2, -0.15) is 0 Å². The fourth-order valence-electron chi connectivity index (χ4n) is 2.80. The number of carbonyl (C=O) groups is 1. The van der Waals surface area contributed by atoms with Crippen LogP contribution in [0.25, 0.3) is 0 Å². The lowest BCUT2D eigenvalue weighted by Crippen LogP contribution is -2.14. The summed E-state index contributed by atoms with van der Waals surface area (Å²) in [5, 5.41) is 1.10. The Bertz CT molecular complexity index is 471. The van der Waals surface area contributed by atoms with Crippen LogP contribution in [0.15, 0.2) is 24.3 Å². The molecule has 0 saturated heterocycles. The maximum atomic E-state index is 12.2. The highest BCUT2D eigenvalue weighted by atomic mass is 79.9. The number of ether oxygens (including phenoxy) is 1. The summed E-state index contributed by atoms with van der Waals surface area (Å²) in [6.45, 7) is 6.92. The zero-order valence-corrected chi connectivity index (χ0v) is 17.1. The van der Waals surface area contributed by atoms with E-state index in [1.807, 2.05) is 19.1 Å². The number of rotatable bonds is 12. The highest BCUT2D eigenvalue weighted by Crippen LogP contribution is 2.20. The highest BCUT2D eigenvalue weighted by Gasteiger charge is 2.17. The van der Waals surface area contributed by atoms with Crippen molar-refractivity contribution >= 4 is 21.9 Å². The van der Waals surface area contributed by atoms with Gasteiger partial charge in [-0.05, 0) is 43.2 Å². The maximum Gasteiger partial charge on any atom is 0.313 e. The van der Waals surface area contributed by atoms with Crippen LogP contribution in [0.2, 0.25) is 0 Å². The molecule has 24 heavy (non-hydrogen) atoms. The molecule has 0 aromatic heterocycles. The molecule has 0 aliphatic carbocycles. The summed E-state index contributed by atoms with van der Waals surface area (Å²) in [6, 6.07) is 8.36. The first kappa shape index (κ1) is 21.2. The Morgan fingerprint density at radius 1 is 1.04 bits per heavy atom. The Morgan fingerprint density at radius 3 is 2.38 bits per heavy atom. The van der Waals surface area contributed by atoms with Gasteiger partial charge in [0.1, 0.15) is 0 Å². The van der Waals surface area contributed by atoms with Crippen LogP contribution in [-0.2, 0) is 16.0 Å². The van der Waals surface area contributed by atoms with Crippen molar-refractivity contribution in [1.82, 2.24) is 0 Å². The molecule has 1 atom stereocenters. The molecule has 0 fully saturated rings. The predicted octanol–water partition coefficient (Wildman–Crippen LogP) is 6.27. The van der Waals surface area contributed by atoms with Crippen molar-refractivity contribution in [2.45, 2.75) is 71.6 Å². The number of hydrogen-bond acceptors (Lipinski definition) is 2. The molecule has 0 saturated carbocycles. The van der Waals surface area contributed by atoms with Gasteiger partial charge in [0.05, 0.1) is 12.5 Å². The summed E-state index contributed by atoms with van der Waals surface area (Å²) in [4.78, 5) is 12.2. The van der Waals surface area contributed by atoms with Crippen LogP contribution in [0.4, 0.5) is 0 Å². The van der Waals surface area contributed by atoms with E-state index in [9.17, 15) is 4.79 Å². The molecule has 0 aliphatic heterocycles. The fraction of sp³-hybridized carbons (Fsp3) is 0.667. The second kappa shape index (κ2) is 12.5. The molecular formula is C21H33BrO2. The van der Waals surface area contributed by atoms with Crippen molar-refractivity contribution in [3.8, 4) is 0 Å². The van der Waals surface area contributed by atoms with Gasteiger partial charge in [-0.25, -0.2) is 0 Å². The smallest absolute Gasteiger partial charge is 0.313 e. The van der Waals surface area contributed by atoms with Gasteiger partial charge in [0.15, 0.2) is 0 Å². The number of benzene rings is 1. The summed E-state index contributed by atoms with van der Waals surface area (Å²) in [6.07, 6.45) is 8.21. The van der Waals surface area contributed by atoms with E-state index in [2.05, 4.69) is 41.9 Å². The summed E-state index contributed by atoms with van der Waals surface area (Å²) in [7, 11) is 0. The highest BCUT2D eigenvalue weighted by molar-refractivity contribution is 9.09. The summed E-state index contributed by atoms with van der Waals surface area (Å²) < 4.78 is 5.46. The number of hydrogen-bond donors (Lipinski definition) is 0. The van der Waals surface area contributed by atoms with E-state index in [0.717, 1.165) is 30.2 Å². The molecule has 0 unspecified atom stereocenters. The molecule has 0 N–H and O–H groups in total. The summed E-state index contributed by atoms with van der Waals surface area (Å²) in [5.41, 5.74) is 2.36. The number of alkyl halides is 1. The predicted molar refractivity (Wildman–Crippen MR) is 106 cm³/mol. The molecule has 0 spiro atoms. The van der Waals surface area contributed by atoms with Gasteiger partial charge in [0.2, 0.25) is 0 Å². The molecule has 0 aliphatic rings. The van der Waals surface area contributed by atoms with Crippen molar-refractivity contribution in [1.29, 1.82) is 0 Å². The Hall–Kier alpha value is -0.830. The van der Waals surface area contributed by atoms with E-state index in [-0.39, 0.29) is 11.9 Å². The number of unbranched alkanes of at least 4 members (excludes halogenated alkanes) is 5. The molecule has 1 rings (SSSR count). The van der Waals surface area contributed by atoms with Crippen molar-refractivity contribution in [3.63, 3.8) is 0 Å². The van der Waals surface area contributed by atoms with Gasteiger partial charge in [-0.3, -0.25) is 4.79 Å². The Balaban J connectivity index is 2.29. The lowest BCUT2D eigenvalue weighted by Gasteiger charge is -2.14. The first-order chi connectivity index (χ1) is 11.5. The quantitative estimate of drug-likeness (QED) is 0.236. The topological polar surface area (TPSA) is 26.3 Å². The Morgan fingerprint density at radius 2 is 1.71 bits per heavy atom. The minimum absolute atomic E-state index is 0.101. The molecule has 0 radical (unpaired) electrons. The monoisotopic (exact) mass is 396 g/mol. The molecular weight excluding hydrogens is 364 g/mol. The minimum atomic E-state index is -0.184. The third kappa shape index (κ3) is 8.86. The van der Waals surface area contributed by atoms with E-state index in [0.29, 0.717) is 12.5 Å². The van der Waals surface area contributed by atoms with Gasteiger partial charge in [0.25, 0.3) is 0 Å². The third-order valence-electron chi connectivity index (χ3n) is 4.22. The number of halogens is 1. The van der Waals surface area contributed by atoms with Crippen LogP contribution in [-0.4, -0.2) is 17.9 Å². The number of carbonyl (C=O) groups excluding carboxylic acids is 1. The van der Waals surface area contributed by atoms with Crippen LogP contribution in [0.5, 0.6) is 0 Å². The second-order valence-electron chi connectivity index (χ2n) is 7.04. The summed E-state index contributed by atoms with van der Waals surface area (Å²) >= 11 is 3.45. The van der Waals surface area contributed by atoms with Crippen LogP contribution < -0.4 is 0 Å². The van der Waals surface area contributed by atoms with Crippen molar-refractivity contribution < 1.29 is 9.53 Å². The van der Waals surface area contributed by atoms with E-state index in [1.165, 1.54) is 31.2 Å². The standard InChI is InChI=1S/C21H33BrO2/c1-17(2)15-19-11-10-12-20(16-19)18(3)21(23)24-14-9-7-5-4-6-8-13-22/h10-12,16-18H,4-9,13-15H2,1-3H3/t18-/m0/s1. The first-order valence-electron chi connectivity index (χ1n) is 9.36. The van der Waals surface area contributed by atoms with Gasteiger partial charge in [-0.15, -0.1) is 0 Å². The van der Waals surface area contributed by atoms with Gasteiger partial charge < -0.3 is 4.74 Å². The summed E-state index contributed by atoms with van der Waals surface area (Å²) in [5.74, 6) is 0.337. The van der Waals surface area contributed by atoms with E-state index >= 15 is 0 Å². The molecule has 1 aromatic carbocycles. The van der Waals surface area contributed by atoms with Crippen molar-refractivity contribution in [2.24, 2.45) is 5.92 Å². The largest absolute Gasteiger partial charge is 0.465 e. The third-order valence-corrected chi connectivity index (χ3v) is 4.78. The minimum Gasteiger partial charge on any atom is -0.465 e. The molecule has 3 heteroatoms. The number of esters is 1. The zero-order chi connectivity index (χ0) is 17.8. The molecule has 0 heterocycles. The molecule has 2 nitrogen and oxygen atoms in total. The lowest BCUT2D eigenvalue weighted by molar-refractivity contribution is -0.145. The molecule has 0 bridgehead atoms. The van der Waals surface area contributed by atoms with Crippen LogP contribution in [0, 0.1) is 5.92 Å². The van der Waals surface area contributed by atoms with E-state index in [1.54, 1.807) is 0 Å². The Labute approximate surface area is 156 Å². The van der Waals surface area contributed by atoms with Crippen LogP contribution in [0.3, 0.4) is 0 Å². The second-order valence-corrected chi connectivity index (χ2v) is 7.84.